The maximum absolute atomic E-state index is 12.1. The lowest BCUT2D eigenvalue weighted by molar-refractivity contribution is 0.0823. The molecule has 0 aliphatic rings. The molecule has 4 heteroatoms. The number of hydrogen-bond acceptors (Lipinski definition) is 2. The quantitative estimate of drug-likeness (QED) is 0.686. The molecule has 0 rings (SSSR count). The van der Waals surface area contributed by atoms with Crippen molar-refractivity contribution < 1.29 is 8.78 Å². The molecule has 0 saturated heterocycles. The van der Waals surface area contributed by atoms with Crippen molar-refractivity contribution in [2.24, 2.45) is 5.41 Å². The molecule has 0 aliphatic carbocycles. The second-order valence-electron chi connectivity index (χ2n) is 4.53. The minimum Gasteiger partial charge on any atom is -0.316 e. The Balaban J connectivity index is 3.82. The largest absolute Gasteiger partial charge is 0.316 e. The second-order valence-corrected chi connectivity index (χ2v) is 4.53. The maximum atomic E-state index is 12.1. The van der Waals surface area contributed by atoms with Gasteiger partial charge in [0.2, 0.25) is 0 Å². The molecule has 86 valence electrons. The van der Waals surface area contributed by atoms with Crippen LogP contribution in [-0.4, -0.2) is 44.6 Å². The molecule has 0 aromatic rings. The highest BCUT2D eigenvalue weighted by atomic mass is 19.3. The van der Waals surface area contributed by atoms with Crippen LogP contribution in [0.4, 0.5) is 8.78 Å². The Morgan fingerprint density at radius 1 is 1.36 bits per heavy atom. The van der Waals surface area contributed by atoms with Gasteiger partial charge >= 0.3 is 0 Å². The zero-order valence-electron chi connectivity index (χ0n) is 9.61. The van der Waals surface area contributed by atoms with Gasteiger partial charge in [-0.2, -0.15) is 0 Å². The summed E-state index contributed by atoms with van der Waals surface area (Å²) in [5.74, 6) is 0. The standard InChI is InChI=1S/C10H22F2N2/c1-5-13-7-10(2,3)8-14(4)6-9(11)12/h9,13H,5-8H2,1-4H3. The molecule has 0 atom stereocenters. The summed E-state index contributed by atoms with van der Waals surface area (Å²) < 4.78 is 24.1. The predicted octanol–water partition coefficient (Wildman–Crippen LogP) is 1.82. The molecule has 2 nitrogen and oxygen atoms in total. The van der Waals surface area contributed by atoms with Gasteiger partial charge in [-0.15, -0.1) is 0 Å². The maximum Gasteiger partial charge on any atom is 0.251 e. The fourth-order valence-corrected chi connectivity index (χ4v) is 1.55. The first kappa shape index (κ1) is 13.8. The van der Waals surface area contributed by atoms with Crippen LogP contribution < -0.4 is 5.32 Å². The van der Waals surface area contributed by atoms with Gasteiger partial charge in [-0.05, 0) is 19.0 Å². The lowest BCUT2D eigenvalue weighted by Crippen LogP contribution is -2.40. The average molecular weight is 208 g/mol. The molecule has 0 amide bonds. The van der Waals surface area contributed by atoms with Crippen LogP contribution in [0.5, 0.6) is 0 Å². The van der Waals surface area contributed by atoms with Gasteiger partial charge < -0.3 is 10.2 Å². The smallest absolute Gasteiger partial charge is 0.251 e. The lowest BCUT2D eigenvalue weighted by atomic mass is 9.93. The van der Waals surface area contributed by atoms with Gasteiger partial charge in [0.15, 0.2) is 0 Å². The van der Waals surface area contributed by atoms with Gasteiger partial charge in [0.25, 0.3) is 6.43 Å². The molecule has 0 unspecified atom stereocenters. The zero-order chi connectivity index (χ0) is 11.2. The summed E-state index contributed by atoms with van der Waals surface area (Å²) in [7, 11) is 1.74. The van der Waals surface area contributed by atoms with Gasteiger partial charge in [0.05, 0.1) is 6.54 Å². The summed E-state index contributed by atoms with van der Waals surface area (Å²) in [4.78, 5) is 1.68. The van der Waals surface area contributed by atoms with Crippen LogP contribution in [0, 0.1) is 5.41 Å². The van der Waals surface area contributed by atoms with Gasteiger partial charge in [-0.1, -0.05) is 20.8 Å². The van der Waals surface area contributed by atoms with Gasteiger partial charge in [0, 0.05) is 13.1 Å². The number of nitrogens with zero attached hydrogens (tertiary/aromatic N) is 1. The van der Waals surface area contributed by atoms with Crippen LogP contribution in [0.3, 0.4) is 0 Å². The zero-order valence-corrected chi connectivity index (χ0v) is 9.61. The molecular formula is C10H22F2N2. The number of nitrogens with one attached hydrogen (secondary N) is 1. The molecule has 14 heavy (non-hydrogen) atoms. The predicted molar refractivity (Wildman–Crippen MR) is 55.8 cm³/mol. The van der Waals surface area contributed by atoms with E-state index in [1.165, 1.54) is 0 Å². The normalized spacial score (nSPS) is 12.9. The molecule has 0 heterocycles. The Labute approximate surface area is 85.7 Å². The first-order valence-corrected chi connectivity index (χ1v) is 5.05. The highest BCUT2D eigenvalue weighted by Gasteiger charge is 2.20. The Kier molecular flexibility index (Phi) is 6.20. The monoisotopic (exact) mass is 208 g/mol. The van der Waals surface area contributed by atoms with E-state index in [-0.39, 0.29) is 12.0 Å². The van der Waals surface area contributed by atoms with E-state index in [1.54, 1.807) is 11.9 Å². The van der Waals surface area contributed by atoms with Crippen LogP contribution >= 0.6 is 0 Å². The van der Waals surface area contributed by atoms with E-state index in [4.69, 9.17) is 0 Å². The van der Waals surface area contributed by atoms with Crippen molar-refractivity contribution in [1.29, 1.82) is 0 Å². The number of rotatable bonds is 7. The SMILES string of the molecule is CCNCC(C)(C)CN(C)CC(F)F. The van der Waals surface area contributed by atoms with E-state index < -0.39 is 6.43 Å². The van der Waals surface area contributed by atoms with Crippen LogP contribution in [0.25, 0.3) is 0 Å². The molecule has 0 saturated carbocycles. The third-order valence-corrected chi connectivity index (χ3v) is 2.00. The van der Waals surface area contributed by atoms with Crippen molar-refractivity contribution in [3.05, 3.63) is 0 Å². The Bertz CT molecular complexity index is 149. The second kappa shape index (κ2) is 6.30. The molecule has 0 fully saturated rings. The van der Waals surface area contributed by atoms with Crippen molar-refractivity contribution in [1.82, 2.24) is 10.2 Å². The third kappa shape index (κ3) is 7.21. The van der Waals surface area contributed by atoms with E-state index in [0.717, 1.165) is 13.1 Å². The minimum atomic E-state index is -2.24. The molecule has 0 bridgehead atoms. The molecule has 0 aromatic heterocycles. The van der Waals surface area contributed by atoms with Crippen molar-refractivity contribution in [3.63, 3.8) is 0 Å². The van der Waals surface area contributed by atoms with Gasteiger partial charge in [-0.3, -0.25) is 0 Å². The summed E-state index contributed by atoms with van der Waals surface area (Å²) in [5.41, 5.74) is 0.0413. The topological polar surface area (TPSA) is 15.3 Å². The summed E-state index contributed by atoms with van der Waals surface area (Å²) in [6, 6.07) is 0. The van der Waals surface area contributed by atoms with Crippen LogP contribution in [0.2, 0.25) is 0 Å². The van der Waals surface area contributed by atoms with Crippen molar-refractivity contribution in [2.75, 3.05) is 33.2 Å². The molecule has 0 aromatic carbocycles. The summed E-state index contributed by atoms with van der Waals surface area (Å²) in [6.45, 7) is 8.52. The number of alkyl halides is 2. The van der Waals surface area contributed by atoms with E-state index in [0.29, 0.717) is 6.54 Å². The summed E-state index contributed by atoms with van der Waals surface area (Å²) >= 11 is 0. The Hall–Kier alpha value is -0.220. The van der Waals surface area contributed by atoms with Crippen molar-refractivity contribution in [3.8, 4) is 0 Å². The van der Waals surface area contributed by atoms with E-state index in [9.17, 15) is 8.78 Å². The molecular weight excluding hydrogens is 186 g/mol. The third-order valence-electron chi connectivity index (χ3n) is 2.00. The lowest BCUT2D eigenvalue weighted by Gasteiger charge is -2.30. The van der Waals surface area contributed by atoms with Crippen molar-refractivity contribution in [2.45, 2.75) is 27.2 Å². The average Bonchev–Trinajstić information content (AvgIpc) is 1.98. The Morgan fingerprint density at radius 2 is 1.93 bits per heavy atom. The van der Waals surface area contributed by atoms with Gasteiger partial charge in [0.1, 0.15) is 0 Å². The molecule has 0 spiro atoms. The summed E-state index contributed by atoms with van der Waals surface area (Å²) in [6.07, 6.45) is -2.24. The van der Waals surface area contributed by atoms with Crippen molar-refractivity contribution >= 4 is 0 Å². The fourth-order valence-electron chi connectivity index (χ4n) is 1.55. The minimum absolute atomic E-state index is 0.0413. The highest BCUT2D eigenvalue weighted by Crippen LogP contribution is 2.15. The van der Waals surface area contributed by atoms with Crippen LogP contribution in [-0.2, 0) is 0 Å². The molecule has 0 aliphatic heterocycles. The highest BCUT2D eigenvalue weighted by molar-refractivity contribution is 4.75. The first-order valence-electron chi connectivity index (χ1n) is 5.05. The Morgan fingerprint density at radius 3 is 2.36 bits per heavy atom. The number of halogens is 2. The van der Waals surface area contributed by atoms with Gasteiger partial charge in [-0.25, -0.2) is 8.78 Å². The first-order chi connectivity index (χ1) is 6.37. The van der Waals surface area contributed by atoms with E-state index >= 15 is 0 Å². The van der Waals surface area contributed by atoms with E-state index in [2.05, 4.69) is 19.2 Å². The van der Waals surface area contributed by atoms with Crippen LogP contribution in [0.1, 0.15) is 20.8 Å². The summed E-state index contributed by atoms with van der Waals surface area (Å²) in [5, 5.41) is 3.23. The fraction of sp³-hybridized carbons (Fsp3) is 1.00. The molecule has 1 N–H and O–H groups in total. The number of hydrogen-bond donors (Lipinski definition) is 1. The van der Waals surface area contributed by atoms with Crippen LogP contribution in [0.15, 0.2) is 0 Å². The molecule has 0 radical (unpaired) electrons. The van der Waals surface area contributed by atoms with E-state index in [1.807, 2.05) is 6.92 Å².